The first kappa shape index (κ1) is 16.5. The van der Waals surface area contributed by atoms with Crippen molar-refractivity contribution in [3.63, 3.8) is 0 Å². The van der Waals surface area contributed by atoms with Gasteiger partial charge in [-0.15, -0.1) is 23.7 Å². The lowest BCUT2D eigenvalue weighted by atomic mass is 10.2. The smallest absolute Gasteiger partial charge is 0.263 e. The number of hydrogen-bond acceptors (Lipinski definition) is 3. The summed E-state index contributed by atoms with van der Waals surface area (Å²) < 4.78 is 1.06. The van der Waals surface area contributed by atoms with Crippen molar-refractivity contribution in [3.05, 3.63) is 45.7 Å². The van der Waals surface area contributed by atoms with Crippen molar-refractivity contribution in [3.8, 4) is 10.4 Å². The van der Waals surface area contributed by atoms with E-state index >= 15 is 0 Å². The lowest BCUT2D eigenvalue weighted by molar-refractivity contribution is 0.0795. The number of nitrogens with two attached hydrogens (primary N) is 1. The first-order valence-corrected chi connectivity index (χ1v) is 8.15. The summed E-state index contributed by atoms with van der Waals surface area (Å²) in [5, 5.41) is 0. The van der Waals surface area contributed by atoms with Crippen LogP contribution < -0.4 is 5.73 Å². The van der Waals surface area contributed by atoms with Gasteiger partial charge in [-0.25, -0.2) is 0 Å². The summed E-state index contributed by atoms with van der Waals surface area (Å²) in [6, 6.07) is 12.2. The van der Waals surface area contributed by atoms with Crippen LogP contribution in [-0.4, -0.2) is 29.9 Å². The molecular weight excluding hydrogens is 372 g/mol. The Kier molecular flexibility index (Phi) is 5.43. The number of carbonyl (C=O) groups is 1. The zero-order valence-electron chi connectivity index (χ0n) is 11.3. The number of nitrogens with zero attached hydrogens (tertiary/aromatic N) is 1. The Morgan fingerprint density at radius 3 is 2.57 bits per heavy atom. The molecule has 1 aromatic heterocycles. The Bertz CT molecular complexity index is 629. The van der Waals surface area contributed by atoms with E-state index in [2.05, 4.69) is 28.1 Å². The van der Waals surface area contributed by atoms with Gasteiger partial charge in [-0.1, -0.05) is 28.1 Å². The van der Waals surface area contributed by atoms with Gasteiger partial charge in [0.25, 0.3) is 5.91 Å². The average molecular weight is 388 g/mol. The van der Waals surface area contributed by atoms with E-state index in [0.29, 0.717) is 6.54 Å². The van der Waals surface area contributed by atoms with E-state index in [1.165, 1.54) is 0 Å². The summed E-state index contributed by atoms with van der Waals surface area (Å²) >= 11 is 4.97. The van der Waals surface area contributed by atoms with Gasteiger partial charge < -0.3 is 10.6 Å². The third kappa shape index (κ3) is 3.66. The topological polar surface area (TPSA) is 46.3 Å². The monoisotopic (exact) mass is 386 g/mol. The van der Waals surface area contributed by atoms with Gasteiger partial charge in [-0.05, 0) is 36.2 Å². The van der Waals surface area contributed by atoms with Gasteiger partial charge in [-0.3, -0.25) is 4.79 Å². The van der Waals surface area contributed by atoms with E-state index in [1.54, 1.807) is 11.3 Å². The number of benzene rings is 1. The molecule has 2 N–H and O–H groups in total. The molecule has 1 amide bonds. The Morgan fingerprint density at radius 1 is 1.24 bits per heavy atom. The van der Waals surface area contributed by atoms with E-state index in [4.69, 9.17) is 5.73 Å². The third-order valence-corrected chi connectivity index (χ3v) is 5.11. The van der Waals surface area contributed by atoms with Crippen molar-refractivity contribution in [2.45, 2.75) is 12.5 Å². The average Bonchev–Trinajstić information content (AvgIpc) is 3.08. The molecular formula is C15H16BrClN2OS. The highest BCUT2D eigenvalue weighted by Crippen LogP contribution is 2.30. The fourth-order valence-electron chi connectivity index (χ4n) is 2.35. The summed E-state index contributed by atoms with van der Waals surface area (Å²) in [4.78, 5) is 16.1. The van der Waals surface area contributed by atoms with Crippen molar-refractivity contribution in [2.24, 2.45) is 5.73 Å². The molecule has 1 saturated heterocycles. The standard InChI is InChI=1S/C15H15BrN2OS.ClH/c16-11-3-1-10(2-4-11)13-5-6-14(20-13)15(19)18-8-7-12(17)9-18;/h1-6,12H,7-9,17H2;1H/t12-;/m1./s1. The summed E-state index contributed by atoms with van der Waals surface area (Å²) in [7, 11) is 0. The van der Waals surface area contributed by atoms with E-state index in [-0.39, 0.29) is 24.4 Å². The normalized spacial score (nSPS) is 17.6. The van der Waals surface area contributed by atoms with Crippen LogP contribution in [0, 0.1) is 0 Å². The third-order valence-electron chi connectivity index (χ3n) is 3.46. The number of hydrogen-bond donors (Lipinski definition) is 1. The Balaban J connectivity index is 0.00000161. The fraction of sp³-hybridized carbons (Fsp3) is 0.267. The van der Waals surface area contributed by atoms with Crippen molar-refractivity contribution in [1.29, 1.82) is 0 Å². The molecule has 0 aliphatic carbocycles. The molecule has 3 rings (SSSR count). The zero-order chi connectivity index (χ0) is 14.1. The molecule has 1 aromatic carbocycles. The van der Waals surface area contributed by atoms with Gasteiger partial charge in [0.2, 0.25) is 0 Å². The maximum Gasteiger partial charge on any atom is 0.263 e. The second kappa shape index (κ2) is 6.92. The van der Waals surface area contributed by atoms with Gasteiger partial charge in [0.05, 0.1) is 4.88 Å². The van der Waals surface area contributed by atoms with Crippen molar-refractivity contribution in [1.82, 2.24) is 4.90 Å². The van der Waals surface area contributed by atoms with E-state index in [9.17, 15) is 4.79 Å². The van der Waals surface area contributed by atoms with E-state index in [1.807, 2.05) is 29.2 Å². The highest BCUT2D eigenvalue weighted by molar-refractivity contribution is 9.10. The zero-order valence-corrected chi connectivity index (χ0v) is 14.5. The number of amides is 1. The van der Waals surface area contributed by atoms with Crippen LogP contribution in [0.1, 0.15) is 16.1 Å². The Morgan fingerprint density at radius 2 is 1.95 bits per heavy atom. The summed E-state index contributed by atoms with van der Waals surface area (Å²) in [5.74, 6) is 0.103. The molecule has 1 fully saturated rings. The van der Waals surface area contributed by atoms with Crippen molar-refractivity contribution in [2.75, 3.05) is 13.1 Å². The van der Waals surface area contributed by atoms with Crippen LogP contribution in [0.15, 0.2) is 40.9 Å². The molecule has 6 heteroatoms. The molecule has 2 heterocycles. The molecule has 112 valence electrons. The molecule has 21 heavy (non-hydrogen) atoms. The molecule has 2 aromatic rings. The summed E-state index contributed by atoms with van der Waals surface area (Å²) in [5.41, 5.74) is 6.99. The molecule has 0 unspecified atom stereocenters. The van der Waals surface area contributed by atoms with Gasteiger partial charge in [-0.2, -0.15) is 0 Å². The van der Waals surface area contributed by atoms with Crippen molar-refractivity contribution >= 4 is 45.6 Å². The predicted octanol–water partition coefficient (Wildman–Crippen LogP) is 3.77. The Hall–Kier alpha value is -0.880. The van der Waals surface area contributed by atoms with Gasteiger partial charge in [0.1, 0.15) is 0 Å². The van der Waals surface area contributed by atoms with Crippen LogP contribution in [0.5, 0.6) is 0 Å². The summed E-state index contributed by atoms with van der Waals surface area (Å²) in [6.07, 6.45) is 0.899. The van der Waals surface area contributed by atoms with Crippen LogP contribution in [0.3, 0.4) is 0 Å². The lowest BCUT2D eigenvalue weighted by Crippen LogP contribution is -2.31. The first-order chi connectivity index (χ1) is 9.63. The molecule has 0 bridgehead atoms. The predicted molar refractivity (Wildman–Crippen MR) is 93.2 cm³/mol. The van der Waals surface area contributed by atoms with Crippen LogP contribution in [0.2, 0.25) is 0 Å². The SMILES string of the molecule is Cl.N[C@@H]1CCN(C(=O)c2ccc(-c3ccc(Br)cc3)s2)C1. The number of carbonyl (C=O) groups excluding carboxylic acids is 1. The quantitative estimate of drug-likeness (QED) is 0.852. The first-order valence-electron chi connectivity index (χ1n) is 6.54. The van der Waals surface area contributed by atoms with Gasteiger partial charge in [0, 0.05) is 28.5 Å². The number of halogens is 2. The Labute approximate surface area is 142 Å². The maximum atomic E-state index is 12.4. The van der Waals surface area contributed by atoms with Crippen molar-refractivity contribution < 1.29 is 4.79 Å². The number of rotatable bonds is 2. The van der Waals surface area contributed by atoms with Crippen LogP contribution in [0.4, 0.5) is 0 Å². The van der Waals surface area contributed by atoms with E-state index < -0.39 is 0 Å². The minimum absolute atomic E-state index is 0. The molecule has 0 spiro atoms. The summed E-state index contributed by atoms with van der Waals surface area (Å²) in [6.45, 7) is 1.44. The van der Waals surface area contributed by atoms with Gasteiger partial charge in [0.15, 0.2) is 0 Å². The second-order valence-electron chi connectivity index (χ2n) is 4.97. The highest BCUT2D eigenvalue weighted by atomic mass is 79.9. The molecule has 3 nitrogen and oxygen atoms in total. The number of likely N-dealkylation sites (tertiary alicyclic amines) is 1. The molecule has 0 saturated carbocycles. The van der Waals surface area contributed by atoms with Crippen LogP contribution >= 0.6 is 39.7 Å². The van der Waals surface area contributed by atoms with Crippen LogP contribution in [0.25, 0.3) is 10.4 Å². The van der Waals surface area contributed by atoms with Crippen LogP contribution in [-0.2, 0) is 0 Å². The van der Waals surface area contributed by atoms with Gasteiger partial charge >= 0.3 is 0 Å². The number of thiophene rings is 1. The molecule has 0 radical (unpaired) electrons. The maximum absolute atomic E-state index is 12.4. The minimum atomic E-state index is 0. The molecule has 1 aliphatic heterocycles. The minimum Gasteiger partial charge on any atom is -0.336 e. The fourth-order valence-corrected chi connectivity index (χ4v) is 3.59. The second-order valence-corrected chi connectivity index (χ2v) is 6.97. The lowest BCUT2D eigenvalue weighted by Gasteiger charge is -2.14. The van der Waals surface area contributed by atoms with E-state index in [0.717, 1.165) is 32.8 Å². The largest absolute Gasteiger partial charge is 0.336 e. The molecule has 1 atom stereocenters. The highest BCUT2D eigenvalue weighted by Gasteiger charge is 2.25. The molecule has 1 aliphatic rings.